The summed E-state index contributed by atoms with van der Waals surface area (Å²) in [5, 5.41) is 2.64. The molecule has 2 aromatic rings. The number of H-pyrrole nitrogens is 1. The summed E-state index contributed by atoms with van der Waals surface area (Å²) in [4.78, 5) is 26.7. The Hall–Kier alpha value is -2.11. The molecule has 0 aliphatic carbocycles. The Kier molecular flexibility index (Phi) is 2.24. The van der Waals surface area contributed by atoms with Gasteiger partial charge in [-0.05, 0) is 6.92 Å². The maximum atomic E-state index is 11.4. The van der Waals surface area contributed by atoms with Gasteiger partial charge in [0.1, 0.15) is 5.56 Å². The summed E-state index contributed by atoms with van der Waals surface area (Å²) in [5.41, 5.74) is 0.269. The van der Waals surface area contributed by atoms with Crippen LogP contribution in [0.2, 0.25) is 0 Å². The summed E-state index contributed by atoms with van der Waals surface area (Å²) < 4.78 is 6.01. The normalized spacial score (nSPS) is 10.5. The van der Waals surface area contributed by atoms with Crippen molar-refractivity contribution >= 4 is 11.6 Å². The molecular weight excluding hydrogens is 198 g/mol. The molecule has 2 rings (SSSR count). The van der Waals surface area contributed by atoms with Gasteiger partial charge in [0.25, 0.3) is 5.56 Å². The van der Waals surface area contributed by atoms with Crippen LogP contribution in [-0.4, -0.2) is 27.2 Å². The third-order valence-electron chi connectivity index (χ3n) is 1.92. The van der Waals surface area contributed by atoms with Crippen molar-refractivity contribution in [2.75, 3.05) is 6.61 Å². The van der Waals surface area contributed by atoms with Gasteiger partial charge < -0.3 is 4.74 Å². The van der Waals surface area contributed by atoms with E-state index in [2.05, 4.69) is 10.1 Å². The van der Waals surface area contributed by atoms with Crippen LogP contribution in [0, 0.1) is 0 Å². The summed E-state index contributed by atoms with van der Waals surface area (Å²) in [7, 11) is 0. The van der Waals surface area contributed by atoms with Crippen molar-refractivity contribution in [2.24, 2.45) is 0 Å². The number of aromatic amines is 1. The van der Waals surface area contributed by atoms with Crippen LogP contribution < -0.4 is 5.56 Å². The smallest absolute Gasteiger partial charge is 0.343 e. The van der Waals surface area contributed by atoms with Crippen molar-refractivity contribution in [3.05, 3.63) is 34.4 Å². The first kappa shape index (κ1) is 9.45. The van der Waals surface area contributed by atoms with Crippen LogP contribution in [0.3, 0.4) is 0 Å². The van der Waals surface area contributed by atoms with Crippen LogP contribution in [0.4, 0.5) is 0 Å². The second kappa shape index (κ2) is 3.56. The third kappa shape index (κ3) is 1.50. The van der Waals surface area contributed by atoms with Gasteiger partial charge in [-0.15, -0.1) is 0 Å². The quantitative estimate of drug-likeness (QED) is 0.713. The predicted molar refractivity (Wildman–Crippen MR) is 51.8 cm³/mol. The zero-order chi connectivity index (χ0) is 10.8. The average molecular weight is 207 g/mol. The molecule has 0 bridgehead atoms. The first-order chi connectivity index (χ1) is 7.24. The minimum absolute atomic E-state index is 0.259. The summed E-state index contributed by atoms with van der Waals surface area (Å²) >= 11 is 0. The topological polar surface area (TPSA) is 76.5 Å². The van der Waals surface area contributed by atoms with Gasteiger partial charge in [-0.1, -0.05) is 0 Å². The van der Waals surface area contributed by atoms with Crippen molar-refractivity contribution in [2.45, 2.75) is 6.92 Å². The fraction of sp³-hybridized carbons (Fsp3) is 0.222. The Morgan fingerprint density at radius 2 is 2.47 bits per heavy atom. The number of carbonyl (C=O) groups excluding carboxylic acids is 1. The molecule has 0 radical (unpaired) electrons. The molecule has 0 aliphatic heterocycles. The maximum Gasteiger partial charge on any atom is 0.343 e. The van der Waals surface area contributed by atoms with Crippen LogP contribution in [0.25, 0.3) is 5.65 Å². The fourth-order valence-corrected chi connectivity index (χ4v) is 1.28. The number of aromatic nitrogens is 3. The van der Waals surface area contributed by atoms with Crippen molar-refractivity contribution < 1.29 is 9.53 Å². The molecular formula is C9H9N3O3. The monoisotopic (exact) mass is 207 g/mol. The summed E-state index contributed by atoms with van der Waals surface area (Å²) in [6.45, 7) is 2.00. The molecule has 78 valence electrons. The van der Waals surface area contributed by atoms with Crippen LogP contribution >= 0.6 is 0 Å². The van der Waals surface area contributed by atoms with Gasteiger partial charge in [-0.2, -0.15) is 0 Å². The fourth-order valence-electron chi connectivity index (χ4n) is 1.28. The molecule has 0 unspecified atom stereocenters. The van der Waals surface area contributed by atoms with E-state index in [0.717, 1.165) is 0 Å². The predicted octanol–water partition coefficient (Wildman–Crippen LogP) is 0.199. The van der Waals surface area contributed by atoms with Crippen LogP contribution in [-0.2, 0) is 4.74 Å². The van der Waals surface area contributed by atoms with E-state index in [0.29, 0.717) is 0 Å². The highest BCUT2D eigenvalue weighted by Crippen LogP contribution is 2.06. The lowest BCUT2D eigenvalue weighted by molar-refractivity contribution is 0.0528. The summed E-state index contributed by atoms with van der Waals surface area (Å²) in [6.07, 6.45) is 2.76. The third-order valence-corrected chi connectivity index (χ3v) is 1.92. The Balaban J connectivity index is 2.59. The van der Waals surface area contributed by atoms with E-state index in [1.807, 2.05) is 0 Å². The number of nitrogens with zero attached hydrogens (tertiary/aromatic N) is 2. The van der Waals surface area contributed by atoms with Gasteiger partial charge in [-0.25, -0.2) is 14.3 Å². The van der Waals surface area contributed by atoms with Crippen molar-refractivity contribution in [3.63, 3.8) is 0 Å². The molecule has 2 aromatic heterocycles. The molecule has 1 N–H and O–H groups in total. The second-order valence-corrected chi connectivity index (χ2v) is 2.85. The highest BCUT2D eigenvalue weighted by atomic mass is 16.5. The zero-order valence-electron chi connectivity index (χ0n) is 8.06. The standard InChI is InChI=1S/C9H9N3O3/c1-2-15-9(14)6-5-11-12-7(13)3-4-10-8(6)12/h3-5,11H,2H2,1H3. The lowest BCUT2D eigenvalue weighted by Gasteiger charge is -1.97. The van der Waals surface area contributed by atoms with Crippen molar-refractivity contribution in [1.82, 2.24) is 14.6 Å². The van der Waals surface area contributed by atoms with E-state index in [-0.39, 0.29) is 23.4 Å². The molecule has 0 saturated heterocycles. The first-order valence-corrected chi connectivity index (χ1v) is 4.46. The zero-order valence-corrected chi connectivity index (χ0v) is 8.06. The number of rotatable bonds is 2. The van der Waals surface area contributed by atoms with Gasteiger partial charge in [0.05, 0.1) is 6.61 Å². The number of nitrogens with one attached hydrogen (secondary N) is 1. The molecule has 6 heteroatoms. The minimum atomic E-state index is -0.491. The molecule has 6 nitrogen and oxygen atoms in total. The molecule has 2 heterocycles. The van der Waals surface area contributed by atoms with Crippen LogP contribution in [0.1, 0.15) is 17.3 Å². The highest BCUT2D eigenvalue weighted by molar-refractivity contribution is 5.95. The molecule has 15 heavy (non-hydrogen) atoms. The van der Waals surface area contributed by atoms with Gasteiger partial charge in [0, 0.05) is 18.5 Å². The number of fused-ring (bicyclic) bond motifs is 1. The number of hydrogen-bond donors (Lipinski definition) is 1. The SMILES string of the molecule is CCOC(=O)c1c[nH]n2c(=O)ccnc12. The highest BCUT2D eigenvalue weighted by Gasteiger charge is 2.14. The summed E-state index contributed by atoms with van der Waals surface area (Å²) in [6, 6.07) is 1.30. The van der Waals surface area contributed by atoms with Gasteiger partial charge in [0.15, 0.2) is 5.65 Å². The minimum Gasteiger partial charge on any atom is -0.462 e. The molecule has 0 spiro atoms. The second-order valence-electron chi connectivity index (χ2n) is 2.85. The first-order valence-electron chi connectivity index (χ1n) is 4.46. The molecule has 0 amide bonds. The Morgan fingerprint density at radius 3 is 3.20 bits per heavy atom. The van der Waals surface area contributed by atoms with E-state index in [1.165, 1.54) is 23.0 Å². The van der Waals surface area contributed by atoms with Crippen molar-refractivity contribution in [1.29, 1.82) is 0 Å². The number of esters is 1. The number of hydrogen-bond acceptors (Lipinski definition) is 4. The summed E-state index contributed by atoms with van der Waals surface area (Å²) in [5.74, 6) is -0.491. The average Bonchev–Trinajstić information content (AvgIpc) is 2.63. The van der Waals surface area contributed by atoms with Gasteiger partial charge in [0.2, 0.25) is 0 Å². The van der Waals surface area contributed by atoms with Crippen LogP contribution in [0.15, 0.2) is 23.3 Å². The number of ether oxygens (including phenoxy) is 1. The largest absolute Gasteiger partial charge is 0.462 e. The molecule has 0 saturated carbocycles. The molecule has 0 atom stereocenters. The van der Waals surface area contributed by atoms with E-state index in [1.54, 1.807) is 6.92 Å². The van der Waals surface area contributed by atoms with E-state index >= 15 is 0 Å². The van der Waals surface area contributed by atoms with Crippen LogP contribution in [0.5, 0.6) is 0 Å². The Labute approximate surface area is 84.5 Å². The van der Waals surface area contributed by atoms with Gasteiger partial charge >= 0.3 is 5.97 Å². The lowest BCUT2D eigenvalue weighted by atomic mass is 10.3. The number of carbonyl (C=O) groups is 1. The van der Waals surface area contributed by atoms with Crippen molar-refractivity contribution in [3.8, 4) is 0 Å². The Morgan fingerprint density at radius 1 is 1.67 bits per heavy atom. The molecule has 0 aromatic carbocycles. The van der Waals surface area contributed by atoms with E-state index < -0.39 is 5.97 Å². The Bertz CT molecular complexity index is 555. The maximum absolute atomic E-state index is 11.4. The lowest BCUT2D eigenvalue weighted by Crippen LogP contribution is -2.13. The van der Waals surface area contributed by atoms with Gasteiger partial charge in [-0.3, -0.25) is 9.89 Å². The molecule has 0 fully saturated rings. The molecule has 0 aliphatic rings. The van der Waals surface area contributed by atoms with E-state index in [9.17, 15) is 9.59 Å². The van der Waals surface area contributed by atoms with E-state index in [4.69, 9.17) is 4.74 Å².